The van der Waals surface area contributed by atoms with Crippen molar-refractivity contribution in [3.05, 3.63) is 71.7 Å². The average Bonchev–Trinajstić information content (AvgIpc) is 3.05. The Morgan fingerprint density at radius 3 is 2.72 bits per heavy atom. The van der Waals surface area contributed by atoms with Crippen molar-refractivity contribution in [2.45, 2.75) is 20.0 Å². The van der Waals surface area contributed by atoms with Crippen molar-refractivity contribution in [2.24, 2.45) is 0 Å². The fraction of sp³-hybridized carbons (Fsp3) is 0.263. The molecule has 0 fully saturated rings. The monoisotopic (exact) mass is 338 g/mol. The van der Waals surface area contributed by atoms with Gasteiger partial charge in [-0.2, -0.15) is 0 Å². The van der Waals surface area contributed by atoms with E-state index in [1.807, 2.05) is 66.1 Å². The summed E-state index contributed by atoms with van der Waals surface area (Å²) in [6.45, 7) is 3.02. The quantitative estimate of drug-likeness (QED) is 0.725. The highest BCUT2D eigenvalue weighted by Gasteiger charge is 2.14. The predicted octanol–water partition coefficient (Wildman–Crippen LogP) is 2.35. The Balaban J connectivity index is 1.65. The third-order valence-electron chi connectivity index (χ3n) is 4.04. The summed E-state index contributed by atoms with van der Waals surface area (Å²) in [4.78, 5) is 18.6. The van der Waals surface area contributed by atoms with Crippen LogP contribution in [0.2, 0.25) is 0 Å². The van der Waals surface area contributed by atoms with Gasteiger partial charge in [-0.1, -0.05) is 36.4 Å². The van der Waals surface area contributed by atoms with E-state index in [1.54, 1.807) is 4.90 Å². The molecule has 2 amide bonds. The zero-order chi connectivity index (χ0) is 17.6. The second-order valence-corrected chi connectivity index (χ2v) is 5.92. The Morgan fingerprint density at radius 1 is 1.20 bits per heavy atom. The molecule has 1 aromatic carbocycles. The number of fused-ring (bicyclic) bond motifs is 1. The van der Waals surface area contributed by atoms with Crippen LogP contribution in [0, 0.1) is 6.92 Å². The smallest absolute Gasteiger partial charge is 0.318 e. The van der Waals surface area contributed by atoms with Crippen LogP contribution in [0.1, 0.15) is 17.0 Å². The number of hydrogen-bond donors (Lipinski definition) is 2. The van der Waals surface area contributed by atoms with Crippen molar-refractivity contribution in [2.75, 3.05) is 13.2 Å². The standard InChI is InChI=1S/C19H22N4O2/c1-15-6-5-9-18-21-17(14-23(15)18)12-20-19(25)22(10-11-24)13-16-7-3-2-4-8-16/h2-9,14,24H,10-13H2,1H3,(H,20,25). The van der Waals surface area contributed by atoms with Gasteiger partial charge in [-0.25, -0.2) is 9.78 Å². The molecule has 0 saturated carbocycles. The lowest BCUT2D eigenvalue weighted by Crippen LogP contribution is -2.40. The van der Waals surface area contributed by atoms with E-state index in [9.17, 15) is 9.90 Å². The molecule has 3 rings (SSSR count). The number of urea groups is 1. The number of aromatic nitrogens is 2. The highest BCUT2D eigenvalue weighted by atomic mass is 16.3. The average molecular weight is 338 g/mol. The van der Waals surface area contributed by atoms with Crippen LogP contribution in [0.4, 0.5) is 4.79 Å². The Morgan fingerprint density at radius 2 is 2.00 bits per heavy atom. The molecule has 0 saturated heterocycles. The second-order valence-electron chi connectivity index (χ2n) is 5.92. The van der Waals surface area contributed by atoms with Gasteiger partial charge in [0.25, 0.3) is 0 Å². The number of nitrogens with one attached hydrogen (secondary N) is 1. The molecule has 0 aliphatic heterocycles. The first-order chi connectivity index (χ1) is 12.2. The molecular weight excluding hydrogens is 316 g/mol. The van der Waals surface area contributed by atoms with Crippen molar-refractivity contribution in [1.29, 1.82) is 0 Å². The van der Waals surface area contributed by atoms with Gasteiger partial charge in [0.05, 0.1) is 18.8 Å². The van der Waals surface area contributed by atoms with Crippen molar-refractivity contribution in [3.63, 3.8) is 0 Å². The molecule has 0 aliphatic rings. The number of aryl methyl sites for hydroxylation is 1. The van der Waals surface area contributed by atoms with Gasteiger partial charge in [0, 0.05) is 25.0 Å². The lowest BCUT2D eigenvalue weighted by Gasteiger charge is -2.22. The minimum atomic E-state index is -0.216. The molecule has 0 unspecified atom stereocenters. The summed E-state index contributed by atoms with van der Waals surface area (Å²) in [5.74, 6) is 0. The minimum absolute atomic E-state index is 0.0756. The lowest BCUT2D eigenvalue weighted by molar-refractivity contribution is 0.173. The third kappa shape index (κ3) is 4.16. The third-order valence-corrected chi connectivity index (χ3v) is 4.04. The summed E-state index contributed by atoms with van der Waals surface area (Å²) in [6, 6.07) is 15.4. The molecule has 0 spiro atoms. The topological polar surface area (TPSA) is 69.9 Å². The fourth-order valence-electron chi connectivity index (χ4n) is 2.74. The number of hydrogen-bond acceptors (Lipinski definition) is 3. The maximum Gasteiger partial charge on any atom is 0.318 e. The number of aliphatic hydroxyl groups is 1. The molecule has 0 aliphatic carbocycles. The van der Waals surface area contributed by atoms with Gasteiger partial charge in [0.15, 0.2) is 0 Å². The van der Waals surface area contributed by atoms with Crippen LogP contribution in [-0.4, -0.2) is 38.6 Å². The molecule has 6 heteroatoms. The summed E-state index contributed by atoms with van der Waals surface area (Å²) < 4.78 is 2.00. The van der Waals surface area contributed by atoms with E-state index in [0.717, 1.165) is 22.6 Å². The number of carbonyl (C=O) groups excluding carboxylic acids is 1. The maximum atomic E-state index is 12.5. The van der Waals surface area contributed by atoms with Crippen LogP contribution in [0.3, 0.4) is 0 Å². The summed E-state index contributed by atoms with van der Waals surface area (Å²) >= 11 is 0. The van der Waals surface area contributed by atoms with Gasteiger partial charge in [0.2, 0.25) is 0 Å². The Hall–Kier alpha value is -2.86. The van der Waals surface area contributed by atoms with E-state index in [1.165, 1.54) is 0 Å². The molecule has 2 N–H and O–H groups in total. The number of benzene rings is 1. The normalized spacial score (nSPS) is 10.8. The van der Waals surface area contributed by atoms with Gasteiger partial charge in [0.1, 0.15) is 5.65 Å². The summed E-state index contributed by atoms with van der Waals surface area (Å²) in [5, 5.41) is 12.1. The van der Waals surface area contributed by atoms with Crippen LogP contribution in [0.15, 0.2) is 54.7 Å². The lowest BCUT2D eigenvalue weighted by atomic mass is 10.2. The Kier molecular flexibility index (Phi) is 5.30. The van der Waals surface area contributed by atoms with E-state index in [0.29, 0.717) is 13.1 Å². The first-order valence-electron chi connectivity index (χ1n) is 8.28. The van der Waals surface area contributed by atoms with E-state index in [-0.39, 0.29) is 19.2 Å². The van der Waals surface area contributed by atoms with Crippen LogP contribution in [-0.2, 0) is 13.1 Å². The summed E-state index contributed by atoms with van der Waals surface area (Å²) in [6.07, 6.45) is 1.93. The molecule has 2 aromatic heterocycles. The predicted molar refractivity (Wildman–Crippen MR) is 96.1 cm³/mol. The van der Waals surface area contributed by atoms with Crippen LogP contribution in [0.25, 0.3) is 5.65 Å². The van der Waals surface area contributed by atoms with Crippen LogP contribution >= 0.6 is 0 Å². The van der Waals surface area contributed by atoms with Gasteiger partial charge in [-0.15, -0.1) is 0 Å². The maximum absolute atomic E-state index is 12.5. The Labute approximate surface area is 146 Å². The minimum Gasteiger partial charge on any atom is -0.395 e. The van der Waals surface area contributed by atoms with Crippen molar-refractivity contribution in [1.82, 2.24) is 19.6 Å². The first-order valence-corrected chi connectivity index (χ1v) is 8.28. The van der Waals surface area contributed by atoms with Gasteiger partial charge < -0.3 is 19.7 Å². The number of nitrogens with zero attached hydrogens (tertiary/aromatic N) is 3. The highest BCUT2D eigenvalue weighted by molar-refractivity contribution is 5.74. The Bertz CT molecular complexity index is 845. The second kappa shape index (κ2) is 7.81. The molecule has 130 valence electrons. The molecule has 0 atom stereocenters. The molecule has 25 heavy (non-hydrogen) atoms. The van der Waals surface area contributed by atoms with Gasteiger partial charge in [-0.3, -0.25) is 0 Å². The summed E-state index contributed by atoms with van der Waals surface area (Å²) in [7, 11) is 0. The number of amides is 2. The largest absolute Gasteiger partial charge is 0.395 e. The zero-order valence-corrected chi connectivity index (χ0v) is 14.2. The number of carbonyl (C=O) groups is 1. The molecular formula is C19H22N4O2. The van der Waals surface area contributed by atoms with Gasteiger partial charge in [-0.05, 0) is 24.6 Å². The number of aliphatic hydroxyl groups excluding tert-OH is 1. The number of imidazole rings is 1. The number of pyridine rings is 1. The molecule has 0 bridgehead atoms. The van der Waals surface area contributed by atoms with Crippen LogP contribution in [0.5, 0.6) is 0 Å². The van der Waals surface area contributed by atoms with E-state index < -0.39 is 0 Å². The first kappa shape index (κ1) is 17.0. The molecule has 6 nitrogen and oxygen atoms in total. The number of rotatable bonds is 6. The van der Waals surface area contributed by atoms with E-state index >= 15 is 0 Å². The zero-order valence-electron chi connectivity index (χ0n) is 14.2. The SMILES string of the molecule is Cc1cccc2nc(CNC(=O)N(CCO)Cc3ccccc3)cn12. The van der Waals surface area contributed by atoms with E-state index in [4.69, 9.17) is 0 Å². The van der Waals surface area contributed by atoms with Crippen molar-refractivity contribution < 1.29 is 9.90 Å². The molecule has 0 radical (unpaired) electrons. The van der Waals surface area contributed by atoms with Crippen molar-refractivity contribution in [3.8, 4) is 0 Å². The van der Waals surface area contributed by atoms with E-state index in [2.05, 4.69) is 10.3 Å². The van der Waals surface area contributed by atoms with Gasteiger partial charge >= 0.3 is 6.03 Å². The highest BCUT2D eigenvalue weighted by Crippen LogP contribution is 2.09. The van der Waals surface area contributed by atoms with Crippen molar-refractivity contribution >= 4 is 11.7 Å². The van der Waals surface area contributed by atoms with Crippen LogP contribution < -0.4 is 5.32 Å². The fourth-order valence-corrected chi connectivity index (χ4v) is 2.74. The molecule has 3 aromatic rings. The summed E-state index contributed by atoms with van der Waals surface area (Å²) in [5.41, 5.74) is 3.77. The molecule has 2 heterocycles.